The first-order valence-corrected chi connectivity index (χ1v) is 7.87. The second-order valence-electron chi connectivity index (χ2n) is 4.92. The first-order chi connectivity index (χ1) is 7.77. The number of likely N-dealkylation sites (tertiary alicyclic amines) is 1. The molecule has 0 saturated carbocycles. The molecule has 0 bridgehead atoms. The molecule has 6 heteroatoms. The lowest BCUT2D eigenvalue weighted by atomic mass is 9.94. The van der Waals surface area contributed by atoms with Crippen molar-refractivity contribution in [2.45, 2.75) is 31.6 Å². The Hall–Kier alpha value is -0.620. The highest BCUT2D eigenvalue weighted by Gasteiger charge is 2.33. The van der Waals surface area contributed by atoms with Gasteiger partial charge in [0.25, 0.3) is 0 Å². The summed E-state index contributed by atoms with van der Waals surface area (Å²) in [6.07, 6.45) is 1.99. The highest BCUT2D eigenvalue weighted by Crippen LogP contribution is 2.18. The van der Waals surface area contributed by atoms with Gasteiger partial charge in [0.15, 0.2) is 9.84 Å². The van der Waals surface area contributed by atoms with Crippen molar-refractivity contribution in [3.63, 3.8) is 0 Å². The maximum atomic E-state index is 12.0. The molecule has 1 rings (SSSR count). The monoisotopic (exact) mass is 262 g/mol. The van der Waals surface area contributed by atoms with Crippen molar-refractivity contribution in [3.8, 4) is 0 Å². The van der Waals surface area contributed by atoms with Crippen LogP contribution in [0.1, 0.15) is 20.3 Å². The Bertz CT molecular complexity index is 380. The standard InChI is InChI=1S/C11H22N2O3S/c1-8-7-13(6-5-10(8)12-3)11(14)9(2)17(4,15)16/h8-10,12H,5-7H2,1-4H3. The second-order valence-corrected chi connectivity index (χ2v) is 7.28. The molecule has 1 aliphatic heterocycles. The van der Waals surface area contributed by atoms with E-state index in [1.807, 2.05) is 7.05 Å². The summed E-state index contributed by atoms with van der Waals surface area (Å²) in [4.78, 5) is 13.7. The van der Waals surface area contributed by atoms with E-state index in [0.29, 0.717) is 25.0 Å². The van der Waals surface area contributed by atoms with E-state index in [0.717, 1.165) is 12.7 Å². The number of piperidine rings is 1. The topological polar surface area (TPSA) is 66.5 Å². The normalized spacial score (nSPS) is 27.9. The van der Waals surface area contributed by atoms with Crippen LogP contribution in [0.2, 0.25) is 0 Å². The van der Waals surface area contributed by atoms with Gasteiger partial charge in [0.1, 0.15) is 5.25 Å². The lowest BCUT2D eigenvalue weighted by Gasteiger charge is -2.37. The molecule has 1 aliphatic rings. The van der Waals surface area contributed by atoms with Gasteiger partial charge in [0, 0.05) is 25.4 Å². The first kappa shape index (κ1) is 14.4. The fraction of sp³-hybridized carbons (Fsp3) is 0.909. The number of carbonyl (C=O) groups is 1. The van der Waals surface area contributed by atoms with Gasteiger partial charge < -0.3 is 10.2 Å². The lowest BCUT2D eigenvalue weighted by molar-refractivity contribution is -0.132. The molecular formula is C11H22N2O3S. The molecule has 1 fully saturated rings. The molecule has 0 aromatic carbocycles. The predicted octanol–water partition coefficient (Wildman–Crippen LogP) is -0.124. The third-order valence-electron chi connectivity index (χ3n) is 3.58. The average Bonchev–Trinajstić information content (AvgIpc) is 2.25. The molecule has 3 unspecified atom stereocenters. The molecule has 3 atom stereocenters. The minimum Gasteiger partial charge on any atom is -0.341 e. The molecule has 5 nitrogen and oxygen atoms in total. The molecule has 0 aromatic rings. The van der Waals surface area contributed by atoms with Gasteiger partial charge in [-0.1, -0.05) is 6.92 Å². The number of rotatable bonds is 3. The summed E-state index contributed by atoms with van der Waals surface area (Å²) in [7, 11) is -1.38. The largest absolute Gasteiger partial charge is 0.341 e. The van der Waals surface area contributed by atoms with E-state index in [2.05, 4.69) is 12.2 Å². The minimum atomic E-state index is -3.29. The predicted molar refractivity (Wildman–Crippen MR) is 67.5 cm³/mol. The highest BCUT2D eigenvalue weighted by atomic mass is 32.2. The summed E-state index contributed by atoms with van der Waals surface area (Å²) in [6.45, 7) is 4.80. The van der Waals surface area contributed by atoms with Crippen LogP contribution in [-0.2, 0) is 14.6 Å². The van der Waals surface area contributed by atoms with Crippen molar-refractivity contribution in [3.05, 3.63) is 0 Å². The van der Waals surface area contributed by atoms with Gasteiger partial charge in [-0.05, 0) is 26.3 Å². The zero-order chi connectivity index (χ0) is 13.2. The number of nitrogens with one attached hydrogen (secondary N) is 1. The summed E-state index contributed by atoms with van der Waals surface area (Å²) in [5.74, 6) is 0.0818. The third kappa shape index (κ3) is 3.42. The molecule has 1 saturated heterocycles. The molecule has 17 heavy (non-hydrogen) atoms. The van der Waals surface area contributed by atoms with E-state index in [4.69, 9.17) is 0 Å². The molecule has 100 valence electrons. The number of nitrogens with zero attached hydrogens (tertiary/aromatic N) is 1. The van der Waals surface area contributed by atoms with E-state index >= 15 is 0 Å². The maximum Gasteiger partial charge on any atom is 0.240 e. The van der Waals surface area contributed by atoms with Crippen molar-refractivity contribution in [2.24, 2.45) is 5.92 Å². The smallest absolute Gasteiger partial charge is 0.240 e. The molecule has 1 heterocycles. The van der Waals surface area contributed by atoms with Crippen LogP contribution >= 0.6 is 0 Å². The Labute approximate surface area is 103 Å². The second kappa shape index (κ2) is 5.35. The summed E-state index contributed by atoms with van der Waals surface area (Å²) >= 11 is 0. The van der Waals surface area contributed by atoms with Crippen LogP contribution in [0.5, 0.6) is 0 Å². The van der Waals surface area contributed by atoms with Gasteiger partial charge in [-0.2, -0.15) is 0 Å². The van der Waals surface area contributed by atoms with Crippen molar-refractivity contribution >= 4 is 15.7 Å². The van der Waals surface area contributed by atoms with E-state index in [9.17, 15) is 13.2 Å². The van der Waals surface area contributed by atoms with Crippen molar-refractivity contribution in [2.75, 3.05) is 26.4 Å². The lowest BCUT2D eigenvalue weighted by Crippen LogP contribution is -2.52. The van der Waals surface area contributed by atoms with Crippen molar-refractivity contribution in [1.29, 1.82) is 0 Å². The molecule has 1 amide bonds. The SMILES string of the molecule is CNC1CCN(C(=O)C(C)S(C)(=O)=O)CC1C. The van der Waals surface area contributed by atoms with Crippen LogP contribution in [0.15, 0.2) is 0 Å². The number of hydrogen-bond donors (Lipinski definition) is 1. The zero-order valence-electron chi connectivity index (χ0n) is 10.9. The van der Waals surface area contributed by atoms with E-state index in [1.54, 1.807) is 4.90 Å². The fourth-order valence-electron chi connectivity index (χ4n) is 2.21. The van der Waals surface area contributed by atoms with Crippen molar-refractivity contribution in [1.82, 2.24) is 10.2 Å². The Kier molecular flexibility index (Phi) is 4.55. The van der Waals surface area contributed by atoms with Crippen molar-refractivity contribution < 1.29 is 13.2 Å². The van der Waals surface area contributed by atoms with Gasteiger partial charge in [-0.25, -0.2) is 8.42 Å². The summed E-state index contributed by atoms with van der Waals surface area (Å²) in [6, 6.07) is 0.410. The number of hydrogen-bond acceptors (Lipinski definition) is 4. The van der Waals surface area contributed by atoms with Crippen LogP contribution in [0, 0.1) is 5.92 Å². The Morgan fingerprint density at radius 3 is 2.47 bits per heavy atom. The van der Waals surface area contributed by atoms with Gasteiger partial charge >= 0.3 is 0 Å². The minimum absolute atomic E-state index is 0.270. The number of carbonyl (C=O) groups excluding carboxylic acids is 1. The van der Waals surface area contributed by atoms with Crippen LogP contribution < -0.4 is 5.32 Å². The maximum absolute atomic E-state index is 12.0. The summed E-state index contributed by atoms with van der Waals surface area (Å²) in [5.41, 5.74) is 0. The van der Waals surface area contributed by atoms with Gasteiger partial charge in [-0.15, -0.1) is 0 Å². The van der Waals surface area contributed by atoms with Gasteiger partial charge in [-0.3, -0.25) is 4.79 Å². The van der Waals surface area contributed by atoms with Gasteiger partial charge in [0.05, 0.1) is 0 Å². The number of sulfone groups is 1. The Morgan fingerprint density at radius 2 is 2.06 bits per heavy atom. The van der Waals surface area contributed by atoms with E-state index in [-0.39, 0.29) is 5.91 Å². The summed E-state index contributed by atoms with van der Waals surface area (Å²) < 4.78 is 22.7. The number of amides is 1. The molecule has 0 radical (unpaired) electrons. The molecule has 0 aliphatic carbocycles. The van der Waals surface area contributed by atoms with E-state index < -0.39 is 15.1 Å². The Balaban J connectivity index is 2.68. The molecule has 0 spiro atoms. The highest BCUT2D eigenvalue weighted by molar-refractivity contribution is 7.92. The van der Waals surface area contributed by atoms with Gasteiger partial charge in [0.2, 0.25) is 5.91 Å². The Morgan fingerprint density at radius 1 is 1.47 bits per heavy atom. The van der Waals surface area contributed by atoms with Crippen LogP contribution in [0.3, 0.4) is 0 Å². The zero-order valence-corrected chi connectivity index (χ0v) is 11.8. The van der Waals surface area contributed by atoms with Crippen LogP contribution in [0.4, 0.5) is 0 Å². The summed E-state index contributed by atoms with van der Waals surface area (Å²) in [5, 5.41) is 2.29. The molecule has 0 aromatic heterocycles. The third-order valence-corrected chi connectivity index (χ3v) is 5.06. The average molecular weight is 262 g/mol. The van der Waals surface area contributed by atoms with E-state index in [1.165, 1.54) is 6.92 Å². The van der Waals surface area contributed by atoms with Crippen LogP contribution in [-0.4, -0.2) is 56.9 Å². The fourth-order valence-corrected chi connectivity index (χ4v) is 2.73. The molecule has 1 N–H and O–H groups in total. The van der Waals surface area contributed by atoms with Crippen LogP contribution in [0.25, 0.3) is 0 Å². The quantitative estimate of drug-likeness (QED) is 0.770. The molecular weight excluding hydrogens is 240 g/mol. The first-order valence-electron chi connectivity index (χ1n) is 5.92.